The van der Waals surface area contributed by atoms with Crippen molar-refractivity contribution in [3.8, 4) is 0 Å². The van der Waals surface area contributed by atoms with Crippen LogP contribution in [0.15, 0.2) is 16.8 Å². The number of carbonyl (C=O) groups is 1. The van der Waals surface area contributed by atoms with Gasteiger partial charge in [-0.05, 0) is 39.4 Å². The van der Waals surface area contributed by atoms with Crippen molar-refractivity contribution in [2.24, 2.45) is 27.9 Å². The van der Waals surface area contributed by atoms with Crippen molar-refractivity contribution >= 4 is 11.9 Å². The number of aliphatic hydroxyl groups excluding tert-OH is 2. The standard InChI is InChI=1S/C27H50N8O9/c1-4-33-10-13-5-6-14(28)22(42-13)43-19-15(29)7-16(35-24(38)27(40)8-12(9-27)34-25(30)31)20(17(19)36)44-23-18(37)21(32-3)26(2,39)11-41-23/h5,12,14-23,32-33,36-37,39-40H,4,6-11,28-29H2,1-3H3,(H,35,38)(H4,30,31,34)/t12?,14-,15+,16-,17+,18-,19-,20+,21-,22-,23-,26+,27?/m1/s1. The lowest BCUT2D eigenvalue weighted by atomic mass is 9.74. The van der Waals surface area contributed by atoms with E-state index < -0.39 is 84.3 Å². The molecule has 2 aliphatic heterocycles. The first-order chi connectivity index (χ1) is 20.7. The third-order valence-electron chi connectivity index (χ3n) is 8.74. The summed E-state index contributed by atoms with van der Waals surface area (Å²) in [5.74, 6) is -0.213. The zero-order valence-electron chi connectivity index (χ0n) is 25.5. The molecular formula is C27H50N8O9. The molecule has 2 heterocycles. The summed E-state index contributed by atoms with van der Waals surface area (Å²) >= 11 is 0. The van der Waals surface area contributed by atoms with Crippen LogP contribution in [-0.4, -0.2) is 137 Å². The Bertz CT molecular complexity index is 1050. The molecule has 2 aliphatic carbocycles. The van der Waals surface area contributed by atoms with E-state index in [0.717, 1.165) is 6.54 Å². The number of ether oxygens (including phenoxy) is 4. The first-order valence-electron chi connectivity index (χ1n) is 15.1. The molecule has 1 amide bonds. The van der Waals surface area contributed by atoms with Gasteiger partial charge in [-0.1, -0.05) is 6.92 Å². The number of hydrogen-bond acceptors (Lipinski definition) is 14. The van der Waals surface area contributed by atoms with Crippen molar-refractivity contribution in [1.29, 1.82) is 0 Å². The van der Waals surface area contributed by atoms with Crippen LogP contribution in [0, 0.1) is 0 Å². The van der Waals surface area contributed by atoms with Crippen LogP contribution < -0.4 is 38.9 Å². The van der Waals surface area contributed by atoms with Crippen molar-refractivity contribution in [2.45, 2.75) is 118 Å². The van der Waals surface area contributed by atoms with Crippen LogP contribution >= 0.6 is 0 Å². The highest BCUT2D eigenvalue weighted by atomic mass is 16.7. The van der Waals surface area contributed by atoms with Gasteiger partial charge in [0.05, 0.1) is 37.3 Å². The lowest BCUT2D eigenvalue weighted by Crippen LogP contribution is -2.70. The topological polar surface area (TPSA) is 287 Å². The number of carbonyl (C=O) groups excluding carboxylic acids is 1. The van der Waals surface area contributed by atoms with Gasteiger partial charge in [0.1, 0.15) is 41.4 Å². The number of rotatable bonds is 11. The van der Waals surface area contributed by atoms with Crippen molar-refractivity contribution in [1.82, 2.24) is 16.0 Å². The fourth-order valence-corrected chi connectivity index (χ4v) is 6.28. The maximum absolute atomic E-state index is 13.3. The number of guanidine groups is 1. The average Bonchev–Trinajstić information content (AvgIpc) is 2.93. The first kappa shape index (κ1) is 34.7. The van der Waals surface area contributed by atoms with Gasteiger partial charge in [-0.2, -0.15) is 0 Å². The largest absolute Gasteiger partial charge is 0.467 e. The molecule has 4 rings (SSSR count). The molecule has 0 unspecified atom stereocenters. The Kier molecular flexibility index (Phi) is 11.1. The summed E-state index contributed by atoms with van der Waals surface area (Å²) in [5, 5.41) is 53.1. The average molecular weight is 631 g/mol. The zero-order valence-corrected chi connectivity index (χ0v) is 25.5. The number of nitrogens with two attached hydrogens (primary N) is 4. The first-order valence-corrected chi connectivity index (χ1v) is 15.1. The molecular weight excluding hydrogens is 580 g/mol. The molecule has 0 aromatic carbocycles. The van der Waals surface area contributed by atoms with Gasteiger partial charge >= 0.3 is 0 Å². The number of amides is 1. The number of nitrogens with zero attached hydrogens (tertiary/aromatic N) is 1. The Morgan fingerprint density at radius 2 is 1.80 bits per heavy atom. The summed E-state index contributed by atoms with van der Waals surface area (Å²) in [6.07, 6.45) is -4.90. The van der Waals surface area contributed by atoms with Crippen LogP contribution in [0.1, 0.15) is 39.5 Å². The number of nitrogens with one attached hydrogen (secondary N) is 3. The molecule has 0 bridgehead atoms. The summed E-state index contributed by atoms with van der Waals surface area (Å²) in [6.45, 7) is 4.50. The molecule has 252 valence electrons. The Labute approximate surface area is 256 Å². The van der Waals surface area contributed by atoms with Crippen molar-refractivity contribution < 1.29 is 44.2 Å². The smallest absolute Gasteiger partial charge is 0.252 e. The molecule has 4 aliphatic rings. The van der Waals surface area contributed by atoms with Gasteiger partial charge in [0.25, 0.3) is 5.91 Å². The molecule has 0 spiro atoms. The highest BCUT2D eigenvalue weighted by Gasteiger charge is 2.54. The van der Waals surface area contributed by atoms with Gasteiger partial charge in [0, 0.05) is 18.9 Å². The van der Waals surface area contributed by atoms with Gasteiger partial charge < -0.3 is 78.3 Å². The fourth-order valence-electron chi connectivity index (χ4n) is 6.28. The van der Waals surface area contributed by atoms with E-state index >= 15 is 0 Å². The second kappa shape index (κ2) is 14.1. The lowest BCUT2D eigenvalue weighted by Gasteiger charge is -2.49. The van der Waals surface area contributed by atoms with E-state index in [1.807, 2.05) is 13.0 Å². The molecule has 0 aromatic rings. The van der Waals surface area contributed by atoms with Crippen molar-refractivity contribution in [2.75, 3.05) is 26.7 Å². The SMILES string of the molecule is CCNCC1=CC[C@@H](N)[C@@H](O[C@H]2[C@H](O)[C@@H](O[C@H]3OC[C@](C)(O)[C@H](NC)[C@H]3O)[C@H](NC(=O)C3(O)CC(N=C(N)N)C3)C[C@@H]2N)O1. The van der Waals surface area contributed by atoms with Gasteiger partial charge in [0.15, 0.2) is 12.2 Å². The van der Waals surface area contributed by atoms with Gasteiger partial charge in [-0.3, -0.25) is 9.79 Å². The third-order valence-corrected chi connectivity index (χ3v) is 8.74. The fraction of sp³-hybridized carbons (Fsp3) is 0.852. The highest BCUT2D eigenvalue weighted by molar-refractivity contribution is 5.87. The lowest BCUT2D eigenvalue weighted by molar-refractivity contribution is -0.304. The molecule has 0 radical (unpaired) electrons. The predicted octanol–water partition coefficient (Wildman–Crippen LogP) is -4.88. The number of likely N-dealkylation sites (N-methyl/N-ethyl adjacent to an activating group) is 2. The van der Waals surface area contributed by atoms with E-state index in [0.29, 0.717) is 18.7 Å². The number of aliphatic imine (C=N–C) groups is 1. The molecule has 15 N–H and O–H groups in total. The van der Waals surface area contributed by atoms with Crippen molar-refractivity contribution in [3.05, 3.63) is 11.8 Å². The number of aliphatic hydroxyl groups is 4. The summed E-state index contributed by atoms with van der Waals surface area (Å²) in [6, 6.07) is -3.53. The molecule has 44 heavy (non-hydrogen) atoms. The van der Waals surface area contributed by atoms with E-state index in [1.165, 1.54) is 6.92 Å². The maximum atomic E-state index is 13.3. The molecule has 17 nitrogen and oxygen atoms in total. The van der Waals surface area contributed by atoms with Gasteiger partial charge in [-0.25, -0.2) is 0 Å². The van der Waals surface area contributed by atoms with E-state index in [1.54, 1.807) is 7.05 Å². The Balaban J connectivity index is 1.52. The minimum Gasteiger partial charge on any atom is -0.467 e. The van der Waals surface area contributed by atoms with Gasteiger partial charge in [-0.15, -0.1) is 0 Å². The van der Waals surface area contributed by atoms with Crippen LogP contribution in [0.3, 0.4) is 0 Å². The minimum absolute atomic E-state index is 0.00164. The Hall–Kier alpha value is -2.16. The van der Waals surface area contributed by atoms with E-state index in [4.69, 9.17) is 41.9 Å². The van der Waals surface area contributed by atoms with Crippen LogP contribution in [0.5, 0.6) is 0 Å². The second-order valence-electron chi connectivity index (χ2n) is 12.4. The molecule has 3 fully saturated rings. The van der Waals surface area contributed by atoms with Crippen molar-refractivity contribution in [3.63, 3.8) is 0 Å². The Morgan fingerprint density at radius 3 is 2.43 bits per heavy atom. The van der Waals surface area contributed by atoms with Crippen LogP contribution in [0.25, 0.3) is 0 Å². The summed E-state index contributed by atoms with van der Waals surface area (Å²) in [4.78, 5) is 17.2. The molecule has 11 atom stereocenters. The highest BCUT2D eigenvalue weighted by Crippen LogP contribution is 2.36. The molecule has 2 saturated carbocycles. The van der Waals surface area contributed by atoms with Crippen LogP contribution in [0.2, 0.25) is 0 Å². The quantitative estimate of drug-likeness (QED) is 0.0754. The minimum atomic E-state index is -1.74. The summed E-state index contributed by atoms with van der Waals surface area (Å²) in [5.41, 5.74) is 20.5. The monoisotopic (exact) mass is 630 g/mol. The van der Waals surface area contributed by atoms with Crippen LogP contribution in [0.4, 0.5) is 0 Å². The van der Waals surface area contributed by atoms with Crippen LogP contribution in [-0.2, 0) is 23.7 Å². The third kappa shape index (κ3) is 7.61. The van der Waals surface area contributed by atoms with E-state index in [9.17, 15) is 25.2 Å². The summed E-state index contributed by atoms with van der Waals surface area (Å²) in [7, 11) is 1.58. The predicted molar refractivity (Wildman–Crippen MR) is 157 cm³/mol. The molecule has 1 saturated heterocycles. The Morgan fingerprint density at radius 1 is 1.11 bits per heavy atom. The second-order valence-corrected chi connectivity index (χ2v) is 12.4. The normalized spacial score (nSPS) is 44.1. The molecule has 0 aromatic heterocycles. The zero-order chi connectivity index (χ0) is 32.4. The maximum Gasteiger partial charge on any atom is 0.252 e. The van der Waals surface area contributed by atoms with E-state index in [-0.39, 0.29) is 31.8 Å². The molecule has 17 heteroatoms. The van der Waals surface area contributed by atoms with Gasteiger partial charge in [0.2, 0.25) is 6.29 Å². The van der Waals surface area contributed by atoms with E-state index in [2.05, 4.69) is 20.9 Å². The summed E-state index contributed by atoms with van der Waals surface area (Å²) < 4.78 is 24.0. The number of hydrogen-bond donors (Lipinski definition) is 11.